The Hall–Kier alpha value is -1.56. The average molecular weight is 358 g/mol. The second-order valence-electron chi connectivity index (χ2n) is 4.69. The lowest BCUT2D eigenvalue weighted by atomic mass is 10.0. The van der Waals surface area contributed by atoms with Crippen molar-refractivity contribution >= 4 is 27.8 Å². The van der Waals surface area contributed by atoms with Gasteiger partial charge in [-0.25, -0.2) is 4.79 Å². The molecule has 6 heteroatoms. The van der Waals surface area contributed by atoms with Crippen LogP contribution in [-0.2, 0) is 9.59 Å². The maximum atomic E-state index is 12.1. The van der Waals surface area contributed by atoms with Gasteiger partial charge in [-0.3, -0.25) is 4.79 Å². The number of ether oxygens (including phenoxy) is 1. The Balaban J connectivity index is 3.00. The topological polar surface area (TPSA) is 75.6 Å². The number of amides is 1. The number of carboxylic acid groups (broad SMARTS) is 1. The molecule has 116 valence electrons. The molecule has 5 nitrogen and oxygen atoms in total. The van der Waals surface area contributed by atoms with Crippen molar-refractivity contribution in [1.82, 2.24) is 5.32 Å². The number of carbonyl (C=O) groups excluding carboxylic acids is 1. The van der Waals surface area contributed by atoms with E-state index in [2.05, 4.69) is 21.2 Å². The first kappa shape index (κ1) is 17.5. The standard InChI is InChI=1S/C15H20BrNO4/c1-4-9(5-2)14(18)17-13(15(19)20)10-6-7-12(21-3)11(16)8-10/h6-9,13H,4-5H2,1-3H3,(H,17,18)(H,19,20). The summed E-state index contributed by atoms with van der Waals surface area (Å²) >= 11 is 3.32. The highest BCUT2D eigenvalue weighted by atomic mass is 79.9. The molecule has 2 N–H and O–H groups in total. The molecular formula is C15H20BrNO4. The molecule has 0 spiro atoms. The van der Waals surface area contributed by atoms with E-state index >= 15 is 0 Å². The van der Waals surface area contributed by atoms with E-state index in [0.29, 0.717) is 28.6 Å². The number of nitrogens with one attached hydrogen (secondary N) is 1. The summed E-state index contributed by atoms with van der Waals surface area (Å²) in [6.07, 6.45) is 1.36. The monoisotopic (exact) mass is 357 g/mol. The van der Waals surface area contributed by atoms with E-state index in [-0.39, 0.29) is 11.8 Å². The predicted octanol–water partition coefficient (Wildman–Crippen LogP) is 3.14. The molecular weight excluding hydrogens is 338 g/mol. The van der Waals surface area contributed by atoms with Gasteiger partial charge in [0.1, 0.15) is 5.75 Å². The molecule has 0 aliphatic rings. The van der Waals surface area contributed by atoms with E-state index in [1.807, 2.05) is 13.8 Å². The van der Waals surface area contributed by atoms with Crippen molar-refractivity contribution in [2.24, 2.45) is 5.92 Å². The minimum Gasteiger partial charge on any atom is -0.496 e. The minimum atomic E-state index is -1.09. The number of carbonyl (C=O) groups is 2. The van der Waals surface area contributed by atoms with Crippen molar-refractivity contribution in [2.45, 2.75) is 32.7 Å². The summed E-state index contributed by atoms with van der Waals surface area (Å²) in [5.74, 6) is -0.895. The molecule has 0 aliphatic carbocycles. The van der Waals surface area contributed by atoms with Crippen LogP contribution >= 0.6 is 15.9 Å². The van der Waals surface area contributed by atoms with E-state index in [1.54, 1.807) is 18.2 Å². The summed E-state index contributed by atoms with van der Waals surface area (Å²) in [5, 5.41) is 12.0. The van der Waals surface area contributed by atoms with Gasteiger partial charge in [0.05, 0.1) is 11.6 Å². The third kappa shape index (κ3) is 4.46. The highest BCUT2D eigenvalue weighted by molar-refractivity contribution is 9.10. The zero-order chi connectivity index (χ0) is 16.0. The van der Waals surface area contributed by atoms with Gasteiger partial charge in [0.15, 0.2) is 6.04 Å². The number of aliphatic carboxylic acids is 1. The van der Waals surface area contributed by atoms with Crippen LogP contribution in [0.4, 0.5) is 0 Å². The van der Waals surface area contributed by atoms with E-state index < -0.39 is 12.0 Å². The first-order valence-corrected chi connectivity index (χ1v) is 7.60. The van der Waals surface area contributed by atoms with Gasteiger partial charge in [-0.05, 0) is 46.5 Å². The highest BCUT2D eigenvalue weighted by Gasteiger charge is 2.25. The Bertz CT molecular complexity index is 514. The van der Waals surface area contributed by atoms with Crippen molar-refractivity contribution in [1.29, 1.82) is 0 Å². The second kappa shape index (κ2) is 8.02. The Kier molecular flexibility index (Phi) is 6.68. The number of methoxy groups -OCH3 is 1. The fourth-order valence-corrected chi connectivity index (χ4v) is 2.63. The maximum absolute atomic E-state index is 12.1. The van der Waals surface area contributed by atoms with Crippen LogP contribution in [0.2, 0.25) is 0 Å². The number of hydrogen-bond donors (Lipinski definition) is 2. The Morgan fingerprint density at radius 2 is 1.95 bits per heavy atom. The molecule has 0 saturated carbocycles. The molecule has 1 rings (SSSR count). The van der Waals surface area contributed by atoms with Gasteiger partial charge in [-0.2, -0.15) is 0 Å². The van der Waals surface area contributed by atoms with Gasteiger partial charge >= 0.3 is 5.97 Å². The normalized spacial score (nSPS) is 12.0. The Morgan fingerprint density at radius 1 is 1.33 bits per heavy atom. The van der Waals surface area contributed by atoms with Crippen LogP contribution in [0.5, 0.6) is 5.75 Å². The third-order valence-electron chi connectivity index (χ3n) is 3.40. The average Bonchev–Trinajstić information content (AvgIpc) is 2.45. The molecule has 0 aromatic heterocycles. The molecule has 0 aliphatic heterocycles. The summed E-state index contributed by atoms with van der Waals surface area (Å²) < 4.78 is 5.76. The molecule has 0 saturated heterocycles. The van der Waals surface area contributed by atoms with Crippen LogP contribution in [0, 0.1) is 5.92 Å². The van der Waals surface area contributed by atoms with Crippen molar-refractivity contribution in [2.75, 3.05) is 7.11 Å². The molecule has 1 aromatic rings. The number of rotatable bonds is 7. The van der Waals surface area contributed by atoms with Gasteiger partial charge in [0.25, 0.3) is 0 Å². The maximum Gasteiger partial charge on any atom is 0.330 e. The number of benzene rings is 1. The molecule has 1 unspecified atom stereocenters. The summed E-state index contributed by atoms with van der Waals surface area (Å²) in [4.78, 5) is 23.5. The molecule has 1 atom stereocenters. The van der Waals surface area contributed by atoms with Gasteiger partial charge in [0.2, 0.25) is 5.91 Å². The fourth-order valence-electron chi connectivity index (χ4n) is 2.07. The molecule has 0 heterocycles. The third-order valence-corrected chi connectivity index (χ3v) is 4.02. The van der Waals surface area contributed by atoms with Crippen LogP contribution < -0.4 is 10.1 Å². The Morgan fingerprint density at radius 3 is 2.38 bits per heavy atom. The lowest BCUT2D eigenvalue weighted by molar-refractivity contribution is -0.142. The first-order valence-electron chi connectivity index (χ1n) is 6.81. The number of hydrogen-bond acceptors (Lipinski definition) is 3. The van der Waals surface area contributed by atoms with Crippen LogP contribution in [0.3, 0.4) is 0 Å². The fraction of sp³-hybridized carbons (Fsp3) is 0.467. The minimum absolute atomic E-state index is 0.173. The second-order valence-corrected chi connectivity index (χ2v) is 5.54. The van der Waals surface area contributed by atoms with Crippen molar-refractivity contribution in [3.63, 3.8) is 0 Å². The van der Waals surface area contributed by atoms with E-state index in [9.17, 15) is 14.7 Å². The lowest BCUT2D eigenvalue weighted by Gasteiger charge is -2.19. The summed E-state index contributed by atoms with van der Waals surface area (Å²) in [6.45, 7) is 3.82. The molecule has 1 aromatic carbocycles. The quantitative estimate of drug-likeness (QED) is 0.785. The van der Waals surface area contributed by atoms with E-state index in [1.165, 1.54) is 7.11 Å². The molecule has 0 bridgehead atoms. The molecule has 0 radical (unpaired) electrons. The summed E-state index contributed by atoms with van der Waals surface area (Å²) in [6, 6.07) is 3.87. The molecule has 21 heavy (non-hydrogen) atoms. The van der Waals surface area contributed by atoms with Crippen LogP contribution in [-0.4, -0.2) is 24.1 Å². The summed E-state index contributed by atoms with van der Waals surface area (Å²) in [7, 11) is 1.53. The van der Waals surface area contributed by atoms with E-state index in [0.717, 1.165) is 0 Å². The number of carboxylic acids is 1. The van der Waals surface area contributed by atoms with E-state index in [4.69, 9.17) is 4.74 Å². The predicted molar refractivity (Wildman–Crippen MR) is 83.3 cm³/mol. The summed E-state index contributed by atoms with van der Waals surface area (Å²) in [5.41, 5.74) is 0.495. The van der Waals surface area contributed by atoms with Crippen LogP contribution in [0.25, 0.3) is 0 Å². The zero-order valence-electron chi connectivity index (χ0n) is 12.4. The smallest absolute Gasteiger partial charge is 0.330 e. The van der Waals surface area contributed by atoms with Crippen molar-refractivity contribution < 1.29 is 19.4 Å². The van der Waals surface area contributed by atoms with Crippen molar-refractivity contribution in [3.8, 4) is 5.75 Å². The van der Waals surface area contributed by atoms with Gasteiger partial charge < -0.3 is 15.2 Å². The van der Waals surface area contributed by atoms with Crippen molar-refractivity contribution in [3.05, 3.63) is 28.2 Å². The first-order chi connectivity index (χ1) is 9.94. The molecule has 0 fully saturated rings. The molecule has 1 amide bonds. The van der Waals surface area contributed by atoms with Gasteiger partial charge in [0, 0.05) is 5.92 Å². The number of halogens is 1. The van der Waals surface area contributed by atoms with Gasteiger partial charge in [-0.1, -0.05) is 19.9 Å². The zero-order valence-corrected chi connectivity index (χ0v) is 13.9. The largest absolute Gasteiger partial charge is 0.496 e. The van der Waals surface area contributed by atoms with Crippen LogP contribution in [0.15, 0.2) is 22.7 Å². The SMILES string of the molecule is CCC(CC)C(=O)NC(C(=O)O)c1ccc(OC)c(Br)c1. The Labute approximate surface area is 132 Å². The van der Waals surface area contributed by atoms with Gasteiger partial charge in [-0.15, -0.1) is 0 Å². The lowest BCUT2D eigenvalue weighted by Crippen LogP contribution is -2.37. The van der Waals surface area contributed by atoms with Crippen LogP contribution in [0.1, 0.15) is 38.3 Å². The highest BCUT2D eigenvalue weighted by Crippen LogP contribution is 2.28.